The van der Waals surface area contributed by atoms with Crippen LogP contribution >= 0.6 is 22.6 Å². The van der Waals surface area contributed by atoms with Crippen LogP contribution in [0.1, 0.15) is 86.9 Å². The Balaban J connectivity index is -0.0000000559. The molecule has 0 spiro atoms. The molecule has 2 rings (SSSR count). The first kappa shape index (κ1) is 55.3. The van der Waals surface area contributed by atoms with Gasteiger partial charge in [0, 0.05) is 14.2 Å². The maximum Gasteiger partial charge on any atom is 2.00 e. The van der Waals surface area contributed by atoms with E-state index < -0.39 is 23.7 Å². The van der Waals surface area contributed by atoms with Crippen molar-refractivity contribution in [3.05, 3.63) is 12.3 Å². The summed E-state index contributed by atoms with van der Waals surface area (Å²) in [7, 11) is 2.48. The number of esters is 1. The molecule has 9 nitrogen and oxygen atoms in total. The molecule has 2 aliphatic carbocycles. The molecule has 0 heterocycles. The number of aliphatic carboxylic acids is 2. The first-order chi connectivity index (χ1) is 15.6. The summed E-state index contributed by atoms with van der Waals surface area (Å²) >= 11 is 1.96. The second-order valence-electron chi connectivity index (χ2n) is 7.32. The summed E-state index contributed by atoms with van der Waals surface area (Å²) in [6, 6.07) is 0. The molecule has 38 heavy (non-hydrogen) atoms. The maximum atomic E-state index is 11.1. The Bertz CT molecular complexity index is 616. The zero-order valence-corrected chi connectivity index (χ0v) is 29.6. The third-order valence-electron chi connectivity index (χ3n) is 4.45. The van der Waals surface area contributed by atoms with E-state index in [1.165, 1.54) is 39.9 Å². The summed E-state index contributed by atoms with van der Waals surface area (Å²) in [4.78, 5) is 49.8. The number of Topliss-reactive ketones (excluding diaryl/α,β-unsaturated/α-hetero) is 1. The van der Waals surface area contributed by atoms with Crippen LogP contribution in [0.5, 0.6) is 0 Å². The molecule has 0 radical (unpaired) electrons. The van der Waals surface area contributed by atoms with Crippen molar-refractivity contribution in [3.8, 4) is 0 Å². The summed E-state index contributed by atoms with van der Waals surface area (Å²) in [5.41, 5.74) is 0. The third-order valence-corrected chi connectivity index (χ3v) is 4.45. The average Bonchev–Trinajstić information content (AvgIpc) is 3.65. The summed E-state index contributed by atoms with van der Waals surface area (Å²) in [5.74, 6) is -1.34. The fraction of sp³-hybridized carbons (Fsp3) is 0.750. The van der Waals surface area contributed by atoms with Crippen molar-refractivity contribution in [3.63, 3.8) is 0 Å². The van der Waals surface area contributed by atoms with Gasteiger partial charge in [0.2, 0.25) is 0 Å². The number of halogens is 3. The molecule has 218 valence electrons. The van der Waals surface area contributed by atoms with Crippen LogP contribution in [0.15, 0.2) is 12.3 Å². The van der Waals surface area contributed by atoms with Gasteiger partial charge in [-0.05, 0) is 36.0 Å². The Kier molecular flexibility index (Phi) is 58.8. The SMILES string of the molecule is C.C.C=C(OOC)C(=O)[O-].COC(=O)CC(=O)CCCC1CC1.O=C(O)CCCC1CC1.[2H]CI.[Cl-].[Cl-].[K+].[Mg+2]. The van der Waals surface area contributed by atoms with E-state index in [0.29, 0.717) is 17.7 Å². The summed E-state index contributed by atoms with van der Waals surface area (Å²) in [5, 5.41) is 17.9. The number of rotatable bonds is 13. The minimum Gasteiger partial charge on any atom is -1.00 e. The van der Waals surface area contributed by atoms with E-state index in [1.807, 2.05) is 22.6 Å². The van der Waals surface area contributed by atoms with Gasteiger partial charge in [0.15, 0.2) is 5.76 Å². The number of hydrogen-bond acceptors (Lipinski definition) is 8. The van der Waals surface area contributed by atoms with Gasteiger partial charge in [-0.1, -0.05) is 76.1 Å². The number of carboxylic acids is 2. The molecule has 2 aliphatic rings. The topological polar surface area (TPSA) is 139 Å². The molecule has 0 aromatic rings. The zero-order valence-electron chi connectivity index (χ0n) is 22.4. The van der Waals surface area contributed by atoms with E-state index >= 15 is 0 Å². The van der Waals surface area contributed by atoms with Gasteiger partial charge in [0.25, 0.3) is 0 Å². The Morgan fingerprint density at radius 3 is 1.66 bits per heavy atom. The van der Waals surface area contributed by atoms with E-state index in [2.05, 4.69) is 21.1 Å². The van der Waals surface area contributed by atoms with Crippen molar-refractivity contribution in [1.29, 1.82) is 0 Å². The monoisotopic (exact) mass is 737 g/mol. The van der Waals surface area contributed by atoms with Crippen LogP contribution in [0.4, 0.5) is 0 Å². The Labute approximate surface area is 315 Å². The van der Waals surface area contributed by atoms with Crippen molar-refractivity contribution >= 4 is 69.3 Å². The van der Waals surface area contributed by atoms with Crippen molar-refractivity contribution in [1.82, 2.24) is 0 Å². The molecule has 0 amide bonds. The van der Waals surface area contributed by atoms with Crippen molar-refractivity contribution < 1.29 is 121 Å². The number of alkyl halides is 1. The molecule has 0 aromatic carbocycles. The van der Waals surface area contributed by atoms with Crippen LogP contribution in [-0.4, -0.2) is 71.0 Å². The molecule has 0 bridgehead atoms. The van der Waals surface area contributed by atoms with E-state index in [9.17, 15) is 24.3 Å². The standard InChI is InChI=1S/C10H16O3.C7H12O2.C4H6O4.CH3I.2CH4.2ClH.K.Mg/c1-13-10(12)7-9(11)4-2-3-8-5-6-8;8-7(9)3-1-2-6-4-5-6;1-3(4(5)6)8-7-2;1-2;;;;;;/h8H,2-7H2,1H3;6H,1-5H2,(H,8,9);1H2,2H3,(H,5,6);1H3;2*1H4;2*1H;;/q;;;;;;;;+1;+2/p-3/i;;;1D;;;;;;. The number of carboxylic acid groups (broad SMARTS) is 2. The first-order valence-corrected chi connectivity index (χ1v) is 11.9. The second-order valence-corrected chi connectivity index (χ2v) is 7.32. The molecule has 2 saturated carbocycles. The summed E-state index contributed by atoms with van der Waals surface area (Å²) in [6.45, 7) is 2.93. The van der Waals surface area contributed by atoms with Gasteiger partial charge in [0.1, 0.15) is 18.2 Å². The molecule has 14 heteroatoms. The van der Waals surface area contributed by atoms with Crippen LogP contribution in [0.3, 0.4) is 0 Å². The summed E-state index contributed by atoms with van der Waals surface area (Å²) in [6.07, 6.45) is 10.2. The van der Waals surface area contributed by atoms with Crippen LogP contribution in [0, 0.1) is 11.8 Å². The molecule has 0 unspecified atom stereocenters. The quantitative estimate of drug-likeness (QED) is 0.0227. The predicted octanol–water partition coefficient (Wildman–Crippen LogP) is -4.87. The fourth-order valence-electron chi connectivity index (χ4n) is 2.40. The summed E-state index contributed by atoms with van der Waals surface area (Å²) < 4.78 is 10.6. The molecule has 0 aliphatic heterocycles. The van der Waals surface area contributed by atoms with E-state index in [4.69, 9.17) is 6.48 Å². The van der Waals surface area contributed by atoms with Gasteiger partial charge in [0.05, 0.1) is 14.2 Å². The Morgan fingerprint density at radius 2 is 1.39 bits per heavy atom. The maximum absolute atomic E-state index is 11.1. The predicted molar refractivity (Wildman–Crippen MR) is 144 cm³/mol. The largest absolute Gasteiger partial charge is 2.00 e. The first-order valence-electron chi connectivity index (χ1n) is 11.1. The molecule has 0 aromatic heterocycles. The van der Waals surface area contributed by atoms with Gasteiger partial charge < -0.3 is 49.4 Å². The third kappa shape index (κ3) is 47.1. The van der Waals surface area contributed by atoms with Gasteiger partial charge >= 0.3 is 86.4 Å². The molecule has 0 atom stereocenters. The second kappa shape index (κ2) is 40.4. The van der Waals surface area contributed by atoms with Crippen molar-refractivity contribution in [2.75, 3.05) is 19.1 Å². The van der Waals surface area contributed by atoms with Crippen molar-refractivity contribution in [2.45, 2.75) is 85.5 Å². The zero-order chi connectivity index (χ0) is 25.6. The van der Waals surface area contributed by atoms with E-state index in [1.54, 1.807) is 0 Å². The number of methoxy groups -OCH3 is 1. The average molecular weight is 739 g/mol. The molecule has 0 saturated heterocycles. The Hall–Kier alpha value is 1.29. The molecule has 2 fully saturated rings. The number of carbonyl (C=O) groups is 4. The van der Waals surface area contributed by atoms with E-state index in [0.717, 1.165) is 37.5 Å². The normalized spacial score (nSPS) is 11.7. The van der Waals surface area contributed by atoms with Crippen LogP contribution in [0.25, 0.3) is 0 Å². The fourth-order valence-corrected chi connectivity index (χ4v) is 2.40. The smallest absolute Gasteiger partial charge is 1.00 e. The molecular formula is C24H44Cl2IKMgO9. The van der Waals surface area contributed by atoms with Crippen LogP contribution in [0.2, 0.25) is 0 Å². The van der Waals surface area contributed by atoms with E-state index in [-0.39, 0.29) is 126 Å². The van der Waals surface area contributed by atoms with Crippen LogP contribution < -0.4 is 81.3 Å². The number of ketones is 1. The van der Waals surface area contributed by atoms with Gasteiger partial charge in [-0.15, -0.1) is 0 Å². The molecule has 1 N–H and O–H groups in total. The van der Waals surface area contributed by atoms with Gasteiger partial charge in [-0.2, -0.15) is 4.89 Å². The molecular weight excluding hydrogens is 693 g/mol. The van der Waals surface area contributed by atoms with Gasteiger partial charge in [-0.3, -0.25) is 14.4 Å². The minimum atomic E-state index is -1.48. The number of hydrogen-bond donors (Lipinski definition) is 1. The van der Waals surface area contributed by atoms with Crippen molar-refractivity contribution in [2.24, 2.45) is 11.8 Å². The minimum absolute atomic E-state index is 0. The number of ether oxygens (including phenoxy) is 1. The van der Waals surface area contributed by atoms with Crippen LogP contribution in [-0.2, 0) is 33.7 Å². The number of carbonyl (C=O) groups excluding carboxylic acids is 3. The Morgan fingerprint density at radius 1 is 1.00 bits per heavy atom. The van der Waals surface area contributed by atoms with Gasteiger partial charge in [-0.25, -0.2) is 0 Å².